The quantitative estimate of drug-likeness (QED) is 0.691. The third kappa shape index (κ3) is 6.10. The molecule has 0 aliphatic carbocycles. The van der Waals surface area contributed by atoms with Crippen LogP contribution in [0.2, 0.25) is 0 Å². The molecule has 1 rings (SSSR count). The Labute approximate surface area is 109 Å². The van der Waals surface area contributed by atoms with E-state index in [1.807, 2.05) is 0 Å². The summed E-state index contributed by atoms with van der Waals surface area (Å²) in [5, 5.41) is 3.38. The summed E-state index contributed by atoms with van der Waals surface area (Å²) in [7, 11) is 0. The lowest BCUT2D eigenvalue weighted by molar-refractivity contribution is 0.489. The molecule has 0 saturated heterocycles. The summed E-state index contributed by atoms with van der Waals surface area (Å²) in [5.74, 6) is -0.998. The van der Waals surface area contributed by atoms with E-state index in [0.29, 0.717) is 18.0 Å². The van der Waals surface area contributed by atoms with Gasteiger partial charge < -0.3 is 5.32 Å². The van der Waals surface area contributed by atoms with Gasteiger partial charge in [0.25, 0.3) is 0 Å². The molecule has 0 aliphatic rings. The van der Waals surface area contributed by atoms with Crippen molar-refractivity contribution in [3.8, 4) is 0 Å². The molecule has 0 radical (unpaired) electrons. The van der Waals surface area contributed by atoms with E-state index in [9.17, 15) is 8.78 Å². The summed E-state index contributed by atoms with van der Waals surface area (Å²) in [6.07, 6.45) is 5.55. The fourth-order valence-corrected chi connectivity index (χ4v) is 2.02. The zero-order valence-electron chi connectivity index (χ0n) is 11.3. The number of hydrogen-bond acceptors (Lipinski definition) is 1. The minimum absolute atomic E-state index is 0.468. The van der Waals surface area contributed by atoms with Gasteiger partial charge in [-0.05, 0) is 44.0 Å². The average Bonchev–Trinajstić information content (AvgIpc) is 2.28. The van der Waals surface area contributed by atoms with E-state index in [1.165, 1.54) is 31.4 Å². The lowest BCUT2D eigenvalue weighted by Crippen LogP contribution is -2.28. The Morgan fingerprint density at radius 2 is 1.78 bits per heavy atom. The van der Waals surface area contributed by atoms with Crippen molar-refractivity contribution in [1.82, 2.24) is 5.32 Å². The van der Waals surface area contributed by atoms with Crippen LogP contribution in [0.25, 0.3) is 0 Å². The van der Waals surface area contributed by atoms with Crippen molar-refractivity contribution < 1.29 is 8.78 Å². The lowest BCUT2D eigenvalue weighted by Gasteiger charge is -2.13. The van der Waals surface area contributed by atoms with Gasteiger partial charge in [-0.3, -0.25) is 0 Å². The lowest BCUT2D eigenvalue weighted by atomic mass is 10.1. The van der Waals surface area contributed by atoms with E-state index in [1.54, 1.807) is 0 Å². The first-order valence-corrected chi connectivity index (χ1v) is 6.80. The molecular formula is C15H23F2N. The molecule has 1 aromatic carbocycles. The Hall–Kier alpha value is -0.960. The highest BCUT2D eigenvalue weighted by molar-refractivity contribution is 5.18. The molecule has 0 bridgehead atoms. The average molecular weight is 255 g/mol. The fraction of sp³-hybridized carbons (Fsp3) is 0.600. The molecule has 3 heteroatoms. The molecule has 1 atom stereocenters. The summed E-state index contributed by atoms with van der Waals surface area (Å²) in [6.45, 7) is 5.11. The smallest absolute Gasteiger partial charge is 0.126 e. The van der Waals surface area contributed by atoms with Crippen molar-refractivity contribution in [3.05, 3.63) is 35.4 Å². The van der Waals surface area contributed by atoms with Crippen LogP contribution in [0.3, 0.4) is 0 Å². The van der Waals surface area contributed by atoms with Crippen LogP contribution in [0.15, 0.2) is 18.2 Å². The first-order valence-electron chi connectivity index (χ1n) is 6.80. The third-order valence-corrected chi connectivity index (χ3v) is 3.07. The molecule has 0 spiro atoms. The van der Waals surface area contributed by atoms with Crippen molar-refractivity contribution in [2.45, 2.75) is 52.0 Å². The van der Waals surface area contributed by atoms with Crippen LogP contribution in [0.4, 0.5) is 8.78 Å². The second-order valence-corrected chi connectivity index (χ2v) is 4.88. The van der Waals surface area contributed by atoms with E-state index in [0.717, 1.165) is 19.0 Å². The van der Waals surface area contributed by atoms with Gasteiger partial charge in [0.2, 0.25) is 0 Å². The van der Waals surface area contributed by atoms with Gasteiger partial charge in [-0.25, -0.2) is 8.78 Å². The maximum atomic E-state index is 13.0. The summed E-state index contributed by atoms with van der Waals surface area (Å²) in [5.41, 5.74) is 0.709. The summed E-state index contributed by atoms with van der Waals surface area (Å²) in [6, 6.07) is 4.17. The van der Waals surface area contributed by atoms with Gasteiger partial charge >= 0.3 is 0 Å². The zero-order valence-corrected chi connectivity index (χ0v) is 11.3. The highest BCUT2D eigenvalue weighted by Gasteiger charge is 2.03. The Balaban J connectivity index is 2.24. The van der Waals surface area contributed by atoms with E-state index < -0.39 is 11.6 Å². The molecule has 0 aromatic heterocycles. The third-order valence-electron chi connectivity index (χ3n) is 3.07. The second kappa shape index (κ2) is 8.20. The minimum Gasteiger partial charge on any atom is -0.314 e. The topological polar surface area (TPSA) is 12.0 Å². The second-order valence-electron chi connectivity index (χ2n) is 4.88. The van der Waals surface area contributed by atoms with Crippen LogP contribution in [0.1, 0.15) is 45.1 Å². The molecule has 1 aromatic rings. The normalized spacial score (nSPS) is 12.7. The number of nitrogens with one attached hydrogen (secondary N) is 1. The number of unbranched alkanes of at least 4 members (excludes halogenated alkanes) is 2. The maximum absolute atomic E-state index is 13.0. The Morgan fingerprint density at radius 1 is 1.11 bits per heavy atom. The monoisotopic (exact) mass is 255 g/mol. The van der Waals surface area contributed by atoms with E-state index in [-0.39, 0.29) is 0 Å². The van der Waals surface area contributed by atoms with Crippen LogP contribution in [0, 0.1) is 11.6 Å². The molecule has 0 aliphatic heterocycles. The predicted molar refractivity (Wildman–Crippen MR) is 71.7 cm³/mol. The van der Waals surface area contributed by atoms with E-state index in [2.05, 4.69) is 19.2 Å². The molecular weight excluding hydrogens is 232 g/mol. The standard InChI is InChI=1S/C15H23F2N/c1-3-4-5-6-12(2)18-8-7-13-9-14(16)11-15(17)10-13/h9-12,18H,3-8H2,1-2H3. The number of rotatable bonds is 8. The van der Waals surface area contributed by atoms with Gasteiger partial charge in [-0.1, -0.05) is 26.2 Å². The van der Waals surface area contributed by atoms with Crippen molar-refractivity contribution in [2.24, 2.45) is 0 Å². The Morgan fingerprint density at radius 3 is 2.39 bits per heavy atom. The predicted octanol–water partition coefficient (Wildman–Crippen LogP) is 4.07. The Bertz CT molecular complexity index is 332. The van der Waals surface area contributed by atoms with Crippen molar-refractivity contribution in [1.29, 1.82) is 0 Å². The van der Waals surface area contributed by atoms with Crippen LogP contribution in [-0.2, 0) is 6.42 Å². The first kappa shape index (κ1) is 15.1. The van der Waals surface area contributed by atoms with Crippen LogP contribution in [-0.4, -0.2) is 12.6 Å². The van der Waals surface area contributed by atoms with Gasteiger partial charge in [0.1, 0.15) is 11.6 Å². The molecule has 0 heterocycles. The SMILES string of the molecule is CCCCCC(C)NCCc1cc(F)cc(F)c1. The zero-order chi connectivity index (χ0) is 13.4. The van der Waals surface area contributed by atoms with Gasteiger partial charge in [0.05, 0.1) is 0 Å². The molecule has 0 saturated carbocycles. The highest BCUT2D eigenvalue weighted by Crippen LogP contribution is 2.08. The largest absolute Gasteiger partial charge is 0.314 e. The van der Waals surface area contributed by atoms with Crippen molar-refractivity contribution >= 4 is 0 Å². The first-order chi connectivity index (χ1) is 8.61. The summed E-state index contributed by atoms with van der Waals surface area (Å²) >= 11 is 0. The Kier molecular flexibility index (Phi) is 6.88. The van der Waals surface area contributed by atoms with Crippen LogP contribution >= 0.6 is 0 Å². The minimum atomic E-state index is -0.499. The van der Waals surface area contributed by atoms with Gasteiger partial charge in [0.15, 0.2) is 0 Å². The molecule has 0 amide bonds. The highest BCUT2D eigenvalue weighted by atomic mass is 19.1. The van der Waals surface area contributed by atoms with E-state index in [4.69, 9.17) is 0 Å². The number of benzene rings is 1. The van der Waals surface area contributed by atoms with E-state index >= 15 is 0 Å². The molecule has 1 unspecified atom stereocenters. The van der Waals surface area contributed by atoms with Crippen molar-refractivity contribution in [2.75, 3.05) is 6.54 Å². The van der Waals surface area contributed by atoms with Crippen LogP contribution in [0.5, 0.6) is 0 Å². The van der Waals surface area contributed by atoms with Gasteiger partial charge in [-0.15, -0.1) is 0 Å². The van der Waals surface area contributed by atoms with Gasteiger partial charge in [-0.2, -0.15) is 0 Å². The summed E-state index contributed by atoms with van der Waals surface area (Å²) in [4.78, 5) is 0. The van der Waals surface area contributed by atoms with Gasteiger partial charge in [0, 0.05) is 12.1 Å². The molecule has 18 heavy (non-hydrogen) atoms. The molecule has 102 valence electrons. The molecule has 1 nitrogen and oxygen atoms in total. The molecule has 0 fully saturated rings. The van der Waals surface area contributed by atoms with Crippen molar-refractivity contribution in [3.63, 3.8) is 0 Å². The fourth-order valence-electron chi connectivity index (χ4n) is 2.02. The maximum Gasteiger partial charge on any atom is 0.126 e. The van der Waals surface area contributed by atoms with Crippen LogP contribution < -0.4 is 5.32 Å². The molecule has 1 N–H and O–H groups in total. The number of halogens is 2. The summed E-state index contributed by atoms with van der Waals surface area (Å²) < 4.78 is 25.9. The number of hydrogen-bond donors (Lipinski definition) is 1.